The SMILES string of the molecule is COc1ccc2oc(-c3ccccc3)c(Cc3ccccc3)c2c1. The summed E-state index contributed by atoms with van der Waals surface area (Å²) < 4.78 is 11.6. The fourth-order valence-corrected chi connectivity index (χ4v) is 3.05. The summed E-state index contributed by atoms with van der Waals surface area (Å²) in [6.07, 6.45) is 0.825. The Balaban J connectivity index is 1.92. The third-order valence-corrected chi connectivity index (χ3v) is 4.26. The number of methoxy groups -OCH3 is 1. The lowest BCUT2D eigenvalue weighted by molar-refractivity contribution is 0.415. The summed E-state index contributed by atoms with van der Waals surface area (Å²) in [5, 5.41) is 1.11. The predicted octanol–water partition coefficient (Wildman–Crippen LogP) is 5.70. The molecule has 0 saturated carbocycles. The van der Waals surface area contributed by atoms with Gasteiger partial charge in [-0.25, -0.2) is 0 Å². The lowest BCUT2D eigenvalue weighted by Crippen LogP contribution is -1.90. The molecule has 1 aromatic heterocycles. The average molecular weight is 314 g/mol. The molecule has 0 fully saturated rings. The van der Waals surface area contributed by atoms with Crippen molar-refractivity contribution in [1.29, 1.82) is 0 Å². The van der Waals surface area contributed by atoms with Crippen molar-refractivity contribution in [2.45, 2.75) is 6.42 Å². The van der Waals surface area contributed by atoms with Crippen LogP contribution in [0.15, 0.2) is 83.3 Å². The summed E-state index contributed by atoms with van der Waals surface area (Å²) in [5.74, 6) is 1.78. The maximum absolute atomic E-state index is 6.20. The van der Waals surface area contributed by atoms with Crippen molar-refractivity contribution in [1.82, 2.24) is 0 Å². The fraction of sp³-hybridized carbons (Fsp3) is 0.0909. The zero-order valence-electron chi connectivity index (χ0n) is 13.5. The minimum Gasteiger partial charge on any atom is -0.497 e. The van der Waals surface area contributed by atoms with E-state index in [9.17, 15) is 0 Å². The molecule has 0 spiro atoms. The molecule has 0 saturated heterocycles. The van der Waals surface area contributed by atoms with Crippen LogP contribution >= 0.6 is 0 Å². The molecule has 0 bridgehead atoms. The van der Waals surface area contributed by atoms with E-state index in [0.717, 1.165) is 34.5 Å². The van der Waals surface area contributed by atoms with Crippen LogP contribution in [-0.4, -0.2) is 7.11 Å². The van der Waals surface area contributed by atoms with E-state index in [1.165, 1.54) is 11.1 Å². The topological polar surface area (TPSA) is 22.4 Å². The molecule has 2 heteroatoms. The molecule has 0 atom stereocenters. The van der Waals surface area contributed by atoms with Gasteiger partial charge >= 0.3 is 0 Å². The number of hydrogen-bond donors (Lipinski definition) is 0. The number of furan rings is 1. The van der Waals surface area contributed by atoms with Crippen LogP contribution < -0.4 is 4.74 Å². The van der Waals surface area contributed by atoms with Gasteiger partial charge in [-0.2, -0.15) is 0 Å². The first kappa shape index (κ1) is 14.6. The van der Waals surface area contributed by atoms with Crippen molar-refractivity contribution in [2.75, 3.05) is 7.11 Å². The standard InChI is InChI=1S/C22H18O2/c1-23-18-12-13-21-19(15-18)20(14-16-8-4-2-5-9-16)22(24-21)17-10-6-3-7-11-17/h2-13,15H,14H2,1H3. The number of ether oxygens (including phenoxy) is 1. The second-order valence-electron chi connectivity index (χ2n) is 5.80. The van der Waals surface area contributed by atoms with Crippen LogP contribution in [0.5, 0.6) is 5.75 Å². The smallest absolute Gasteiger partial charge is 0.138 e. The van der Waals surface area contributed by atoms with Crippen LogP contribution in [-0.2, 0) is 6.42 Å². The van der Waals surface area contributed by atoms with Gasteiger partial charge in [-0.1, -0.05) is 60.7 Å². The van der Waals surface area contributed by atoms with E-state index >= 15 is 0 Å². The molecule has 24 heavy (non-hydrogen) atoms. The quantitative estimate of drug-likeness (QED) is 0.482. The van der Waals surface area contributed by atoms with Crippen molar-refractivity contribution in [3.05, 3.63) is 90.0 Å². The van der Waals surface area contributed by atoms with Crippen LogP contribution in [0.3, 0.4) is 0 Å². The van der Waals surface area contributed by atoms with Gasteiger partial charge in [0.1, 0.15) is 17.1 Å². The molecule has 0 aliphatic heterocycles. The highest BCUT2D eigenvalue weighted by atomic mass is 16.5. The lowest BCUT2D eigenvalue weighted by atomic mass is 9.99. The molecule has 4 aromatic rings. The van der Waals surface area contributed by atoms with Crippen molar-refractivity contribution < 1.29 is 9.15 Å². The minimum absolute atomic E-state index is 0.825. The third kappa shape index (κ3) is 2.67. The molecule has 0 radical (unpaired) electrons. The maximum atomic E-state index is 6.20. The highest BCUT2D eigenvalue weighted by Crippen LogP contribution is 2.36. The van der Waals surface area contributed by atoms with E-state index in [4.69, 9.17) is 9.15 Å². The fourth-order valence-electron chi connectivity index (χ4n) is 3.05. The molecule has 2 nitrogen and oxygen atoms in total. The Hall–Kier alpha value is -3.00. The third-order valence-electron chi connectivity index (χ3n) is 4.26. The molecule has 4 rings (SSSR count). The number of hydrogen-bond acceptors (Lipinski definition) is 2. The van der Waals surface area contributed by atoms with E-state index in [1.807, 2.05) is 36.4 Å². The zero-order valence-corrected chi connectivity index (χ0v) is 13.5. The van der Waals surface area contributed by atoms with Gasteiger partial charge in [0, 0.05) is 22.9 Å². The van der Waals surface area contributed by atoms with Gasteiger partial charge < -0.3 is 9.15 Å². The first-order valence-corrected chi connectivity index (χ1v) is 8.04. The molecule has 0 aliphatic rings. The Morgan fingerprint density at radius 2 is 1.54 bits per heavy atom. The van der Waals surface area contributed by atoms with Crippen LogP contribution in [0.4, 0.5) is 0 Å². The summed E-state index contributed by atoms with van der Waals surface area (Å²) in [7, 11) is 1.69. The first-order chi connectivity index (χ1) is 11.8. The summed E-state index contributed by atoms with van der Waals surface area (Å²) in [5.41, 5.74) is 4.45. The Labute approximate surface area is 141 Å². The maximum Gasteiger partial charge on any atom is 0.138 e. The van der Waals surface area contributed by atoms with E-state index in [1.54, 1.807) is 7.11 Å². The van der Waals surface area contributed by atoms with E-state index in [0.29, 0.717) is 0 Å². The Kier molecular flexibility index (Phi) is 3.80. The van der Waals surface area contributed by atoms with Gasteiger partial charge in [0.25, 0.3) is 0 Å². The highest BCUT2D eigenvalue weighted by molar-refractivity contribution is 5.89. The summed E-state index contributed by atoms with van der Waals surface area (Å²) in [6.45, 7) is 0. The molecule has 3 aromatic carbocycles. The largest absolute Gasteiger partial charge is 0.497 e. The highest BCUT2D eigenvalue weighted by Gasteiger charge is 2.16. The monoisotopic (exact) mass is 314 g/mol. The molecular weight excluding hydrogens is 296 g/mol. The molecular formula is C22H18O2. The Morgan fingerprint density at radius 1 is 0.833 bits per heavy atom. The molecule has 0 aliphatic carbocycles. The van der Waals surface area contributed by atoms with Gasteiger partial charge in [-0.15, -0.1) is 0 Å². The average Bonchev–Trinajstić information content (AvgIpc) is 3.01. The van der Waals surface area contributed by atoms with E-state index in [-0.39, 0.29) is 0 Å². The van der Waals surface area contributed by atoms with Crippen molar-refractivity contribution in [2.24, 2.45) is 0 Å². The minimum atomic E-state index is 0.825. The normalized spacial score (nSPS) is 10.9. The lowest BCUT2D eigenvalue weighted by Gasteiger charge is -2.05. The number of fused-ring (bicyclic) bond motifs is 1. The zero-order chi connectivity index (χ0) is 16.4. The molecule has 1 heterocycles. The van der Waals surface area contributed by atoms with Gasteiger partial charge in [-0.3, -0.25) is 0 Å². The van der Waals surface area contributed by atoms with Crippen molar-refractivity contribution >= 4 is 11.0 Å². The van der Waals surface area contributed by atoms with Crippen molar-refractivity contribution in [3.63, 3.8) is 0 Å². The molecule has 0 N–H and O–H groups in total. The molecule has 0 unspecified atom stereocenters. The van der Waals surface area contributed by atoms with Crippen LogP contribution in [0, 0.1) is 0 Å². The van der Waals surface area contributed by atoms with Crippen molar-refractivity contribution in [3.8, 4) is 17.1 Å². The van der Waals surface area contributed by atoms with Crippen LogP contribution in [0.25, 0.3) is 22.3 Å². The summed E-state index contributed by atoms with van der Waals surface area (Å²) in [6, 6.07) is 26.7. The van der Waals surface area contributed by atoms with Gasteiger partial charge in [-0.05, 0) is 23.8 Å². The molecule has 0 amide bonds. The predicted molar refractivity (Wildman–Crippen MR) is 97.5 cm³/mol. The van der Waals surface area contributed by atoms with E-state index < -0.39 is 0 Å². The Bertz CT molecular complexity index is 953. The summed E-state index contributed by atoms with van der Waals surface area (Å²) in [4.78, 5) is 0. The second-order valence-corrected chi connectivity index (χ2v) is 5.80. The molecule has 118 valence electrons. The number of rotatable bonds is 4. The number of benzene rings is 3. The first-order valence-electron chi connectivity index (χ1n) is 8.04. The van der Waals surface area contributed by atoms with Gasteiger partial charge in [0.15, 0.2) is 0 Å². The second kappa shape index (κ2) is 6.25. The van der Waals surface area contributed by atoms with Crippen LogP contribution in [0.2, 0.25) is 0 Å². The Morgan fingerprint density at radius 3 is 2.25 bits per heavy atom. The van der Waals surface area contributed by atoms with Gasteiger partial charge in [0.2, 0.25) is 0 Å². The summed E-state index contributed by atoms with van der Waals surface area (Å²) >= 11 is 0. The van der Waals surface area contributed by atoms with Crippen LogP contribution in [0.1, 0.15) is 11.1 Å². The van der Waals surface area contributed by atoms with Gasteiger partial charge in [0.05, 0.1) is 7.11 Å². The van der Waals surface area contributed by atoms with E-state index in [2.05, 4.69) is 42.5 Å².